The van der Waals surface area contributed by atoms with Crippen LogP contribution in [0.2, 0.25) is 0 Å². The van der Waals surface area contributed by atoms with Crippen LogP contribution in [0.25, 0.3) is 0 Å². The fraction of sp³-hybridized carbons (Fsp3) is 0.538. The first-order chi connectivity index (χ1) is 7.86. The highest BCUT2D eigenvalue weighted by Crippen LogP contribution is 2.04. The molecule has 3 heteroatoms. The van der Waals surface area contributed by atoms with Gasteiger partial charge in [0.1, 0.15) is 0 Å². The molecule has 0 aliphatic heterocycles. The van der Waals surface area contributed by atoms with Gasteiger partial charge in [0, 0.05) is 12.6 Å². The Labute approximate surface area is 98.9 Å². The molecule has 1 unspecified atom stereocenters. The van der Waals surface area contributed by atoms with Gasteiger partial charge >= 0.3 is 0 Å². The zero-order valence-corrected chi connectivity index (χ0v) is 10.6. The molecule has 0 bridgehead atoms. The van der Waals surface area contributed by atoms with E-state index >= 15 is 0 Å². The molecule has 92 valence electrons. The third-order valence-electron chi connectivity index (χ3n) is 2.19. The molecule has 0 spiro atoms. The molecule has 1 atom stereocenters. The largest absolute Gasteiger partial charge is 0.329 e. The van der Waals surface area contributed by atoms with E-state index in [0.29, 0.717) is 6.54 Å². The van der Waals surface area contributed by atoms with Crippen LogP contribution >= 0.6 is 0 Å². The topological polar surface area (TPSA) is 47.3 Å². The monoisotopic (exact) mass is 224 g/mol. The van der Waals surface area contributed by atoms with Gasteiger partial charge in [0.25, 0.3) is 0 Å². The van der Waals surface area contributed by atoms with Gasteiger partial charge in [-0.3, -0.25) is 0 Å². The summed E-state index contributed by atoms with van der Waals surface area (Å²) < 4.78 is 0. The summed E-state index contributed by atoms with van der Waals surface area (Å²) in [5.74, 6) is 0. The number of hydrogen-bond donors (Lipinski definition) is 2. The van der Waals surface area contributed by atoms with Crippen LogP contribution in [0.5, 0.6) is 0 Å². The lowest BCUT2D eigenvalue weighted by molar-refractivity contribution is 0.0607. The van der Waals surface area contributed by atoms with E-state index in [4.69, 9.17) is 10.6 Å². The first kappa shape index (κ1) is 15.1. The minimum Gasteiger partial charge on any atom is -0.329 e. The summed E-state index contributed by atoms with van der Waals surface area (Å²) in [5, 5.41) is 0. The summed E-state index contributed by atoms with van der Waals surface area (Å²) in [6, 6.07) is 10.6. The van der Waals surface area contributed by atoms with E-state index in [9.17, 15) is 0 Å². The molecule has 0 saturated heterocycles. The number of hydroxylamine groups is 1. The number of nitrogens with two attached hydrogens (primary N) is 1. The van der Waals surface area contributed by atoms with Gasteiger partial charge in [0.15, 0.2) is 0 Å². The van der Waals surface area contributed by atoms with E-state index in [0.717, 1.165) is 12.8 Å². The Morgan fingerprint density at radius 1 is 1.25 bits per heavy atom. The molecule has 1 aromatic rings. The second-order valence-corrected chi connectivity index (χ2v) is 3.28. The van der Waals surface area contributed by atoms with Crippen molar-refractivity contribution in [3.63, 3.8) is 0 Å². The van der Waals surface area contributed by atoms with Gasteiger partial charge in [-0.15, -0.1) is 0 Å². The lowest BCUT2D eigenvalue weighted by Gasteiger charge is -2.14. The fourth-order valence-corrected chi connectivity index (χ4v) is 1.38. The van der Waals surface area contributed by atoms with Gasteiger partial charge in [-0.05, 0) is 18.4 Å². The van der Waals surface area contributed by atoms with E-state index in [-0.39, 0.29) is 6.04 Å². The minimum atomic E-state index is 0.236. The number of aryl methyl sites for hydroxylation is 1. The number of hydrogen-bond acceptors (Lipinski definition) is 3. The molecule has 0 fully saturated rings. The Hall–Kier alpha value is -0.900. The average Bonchev–Trinajstić information content (AvgIpc) is 2.38. The zero-order chi connectivity index (χ0) is 12.2. The van der Waals surface area contributed by atoms with Crippen molar-refractivity contribution in [2.45, 2.75) is 32.7 Å². The number of benzene rings is 1. The predicted octanol–water partition coefficient (Wildman–Crippen LogP) is 2.12. The van der Waals surface area contributed by atoms with Crippen LogP contribution in [0.3, 0.4) is 0 Å². The van der Waals surface area contributed by atoms with E-state index in [1.165, 1.54) is 5.56 Å². The van der Waals surface area contributed by atoms with Crippen molar-refractivity contribution in [2.24, 2.45) is 5.73 Å². The van der Waals surface area contributed by atoms with Crippen LogP contribution in [-0.2, 0) is 11.3 Å². The van der Waals surface area contributed by atoms with Crippen LogP contribution in [0, 0.1) is 0 Å². The van der Waals surface area contributed by atoms with Crippen molar-refractivity contribution in [3.05, 3.63) is 35.9 Å². The molecule has 0 aromatic heterocycles. The summed E-state index contributed by atoms with van der Waals surface area (Å²) in [5.41, 5.74) is 9.79. The SMILES string of the molecule is CC.CONC(CN)CCc1ccccc1. The molecule has 1 rings (SSSR count). The van der Waals surface area contributed by atoms with Crippen molar-refractivity contribution >= 4 is 0 Å². The second-order valence-electron chi connectivity index (χ2n) is 3.28. The van der Waals surface area contributed by atoms with Gasteiger partial charge in [-0.25, -0.2) is 0 Å². The Morgan fingerprint density at radius 3 is 2.38 bits per heavy atom. The van der Waals surface area contributed by atoms with Crippen molar-refractivity contribution < 1.29 is 4.84 Å². The molecule has 3 nitrogen and oxygen atoms in total. The van der Waals surface area contributed by atoms with Crippen LogP contribution in [0.15, 0.2) is 30.3 Å². The predicted molar refractivity (Wildman–Crippen MR) is 69.1 cm³/mol. The average molecular weight is 224 g/mol. The normalized spacial score (nSPS) is 11.5. The van der Waals surface area contributed by atoms with E-state index in [1.807, 2.05) is 19.9 Å². The Morgan fingerprint density at radius 2 is 1.88 bits per heavy atom. The summed E-state index contributed by atoms with van der Waals surface area (Å²) in [6.07, 6.45) is 2.02. The first-order valence-electron chi connectivity index (χ1n) is 5.89. The molecule has 0 heterocycles. The van der Waals surface area contributed by atoms with Gasteiger partial charge < -0.3 is 10.6 Å². The van der Waals surface area contributed by atoms with Crippen molar-refractivity contribution in [2.75, 3.05) is 13.7 Å². The third kappa shape index (κ3) is 6.56. The maximum Gasteiger partial charge on any atom is 0.0572 e. The molecule has 0 radical (unpaired) electrons. The Kier molecular flexibility index (Phi) is 10.0. The van der Waals surface area contributed by atoms with Gasteiger partial charge in [0.05, 0.1) is 7.11 Å². The molecule has 0 aliphatic carbocycles. The first-order valence-corrected chi connectivity index (χ1v) is 5.89. The standard InChI is InChI=1S/C11H18N2O.C2H6/c1-14-13-11(9-12)8-7-10-5-3-2-4-6-10;1-2/h2-6,11,13H,7-9,12H2,1H3;1-2H3. The third-order valence-corrected chi connectivity index (χ3v) is 2.19. The maximum atomic E-state index is 5.58. The lowest BCUT2D eigenvalue weighted by Crippen LogP contribution is -2.35. The smallest absolute Gasteiger partial charge is 0.0572 e. The van der Waals surface area contributed by atoms with Crippen molar-refractivity contribution in [3.8, 4) is 0 Å². The highest BCUT2D eigenvalue weighted by Gasteiger charge is 2.04. The molecule has 1 aromatic carbocycles. The second kappa shape index (κ2) is 10.6. The summed E-state index contributed by atoms with van der Waals surface area (Å²) >= 11 is 0. The van der Waals surface area contributed by atoms with Crippen LogP contribution in [0.1, 0.15) is 25.8 Å². The highest BCUT2D eigenvalue weighted by molar-refractivity contribution is 5.14. The maximum absolute atomic E-state index is 5.58. The zero-order valence-electron chi connectivity index (χ0n) is 10.6. The summed E-state index contributed by atoms with van der Waals surface area (Å²) in [4.78, 5) is 4.85. The Balaban J connectivity index is 0.00000106. The van der Waals surface area contributed by atoms with Gasteiger partial charge in [-0.2, -0.15) is 5.48 Å². The van der Waals surface area contributed by atoms with Crippen LogP contribution < -0.4 is 11.2 Å². The van der Waals surface area contributed by atoms with Gasteiger partial charge in [-0.1, -0.05) is 44.2 Å². The molecular weight excluding hydrogens is 200 g/mol. The number of rotatable bonds is 6. The van der Waals surface area contributed by atoms with Crippen molar-refractivity contribution in [1.29, 1.82) is 0 Å². The van der Waals surface area contributed by atoms with E-state index < -0.39 is 0 Å². The lowest BCUT2D eigenvalue weighted by atomic mass is 10.1. The molecule has 0 saturated carbocycles. The molecule has 0 amide bonds. The quantitative estimate of drug-likeness (QED) is 0.728. The number of nitrogens with one attached hydrogen (secondary N) is 1. The summed E-state index contributed by atoms with van der Waals surface area (Å²) in [7, 11) is 1.62. The van der Waals surface area contributed by atoms with Crippen molar-refractivity contribution in [1.82, 2.24) is 5.48 Å². The molecule has 16 heavy (non-hydrogen) atoms. The van der Waals surface area contributed by atoms with Crippen LogP contribution in [0.4, 0.5) is 0 Å². The molecular formula is C13H24N2O. The fourth-order valence-electron chi connectivity index (χ4n) is 1.38. The molecule has 3 N–H and O–H groups in total. The van der Waals surface area contributed by atoms with Crippen LogP contribution in [-0.4, -0.2) is 19.7 Å². The summed E-state index contributed by atoms with van der Waals surface area (Å²) in [6.45, 7) is 4.60. The highest BCUT2D eigenvalue weighted by atomic mass is 16.6. The minimum absolute atomic E-state index is 0.236. The molecule has 0 aliphatic rings. The van der Waals surface area contributed by atoms with Gasteiger partial charge in [0.2, 0.25) is 0 Å². The Bertz CT molecular complexity index is 239. The van der Waals surface area contributed by atoms with E-state index in [1.54, 1.807) is 7.11 Å². The van der Waals surface area contributed by atoms with E-state index in [2.05, 4.69) is 29.7 Å².